The van der Waals surface area contributed by atoms with E-state index < -0.39 is 0 Å². The van der Waals surface area contributed by atoms with Gasteiger partial charge in [-0.25, -0.2) is 9.97 Å². The molecule has 0 aliphatic rings. The van der Waals surface area contributed by atoms with Crippen molar-refractivity contribution in [2.75, 3.05) is 18.5 Å². The number of nitrogens with zero attached hydrogens (tertiary/aromatic N) is 8. The van der Waals surface area contributed by atoms with Crippen LogP contribution in [0.2, 0.25) is 0 Å². The predicted octanol–water partition coefficient (Wildman–Crippen LogP) is 2.23. The van der Waals surface area contributed by atoms with Crippen LogP contribution in [0.3, 0.4) is 0 Å². The summed E-state index contributed by atoms with van der Waals surface area (Å²) in [5.74, 6) is 1.58. The van der Waals surface area contributed by atoms with Crippen molar-refractivity contribution in [1.29, 1.82) is 0 Å². The van der Waals surface area contributed by atoms with Crippen molar-refractivity contribution in [2.24, 2.45) is 14.1 Å². The highest BCUT2D eigenvalue weighted by Crippen LogP contribution is 2.26. The molecule has 0 saturated heterocycles. The summed E-state index contributed by atoms with van der Waals surface area (Å²) in [5.41, 5.74) is 3.02. The summed E-state index contributed by atoms with van der Waals surface area (Å²) in [7, 11) is 5.91. The molecular weight excluding hydrogens is 340 g/mol. The summed E-state index contributed by atoms with van der Waals surface area (Å²) < 4.78 is 3.62. The van der Waals surface area contributed by atoms with E-state index in [1.54, 1.807) is 17.1 Å². The highest BCUT2D eigenvalue weighted by molar-refractivity contribution is 5.88. The molecular formula is C19H22N8. The van der Waals surface area contributed by atoms with Gasteiger partial charge < -0.3 is 4.90 Å². The zero-order chi connectivity index (χ0) is 18.8. The van der Waals surface area contributed by atoms with E-state index >= 15 is 0 Å². The maximum absolute atomic E-state index is 4.83. The normalized spacial score (nSPS) is 11.2. The average molecular weight is 362 g/mol. The number of anilines is 1. The summed E-state index contributed by atoms with van der Waals surface area (Å²) in [6.07, 6.45) is 11.3. The second kappa shape index (κ2) is 7.14. The molecule has 0 aliphatic heterocycles. The second-order valence-electron chi connectivity index (χ2n) is 6.66. The lowest BCUT2D eigenvalue weighted by Crippen LogP contribution is -2.21. The van der Waals surface area contributed by atoms with Gasteiger partial charge in [0, 0.05) is 51.8 Å². The first-order valence-corrected chi connectivity index (χ1v) is 8.90. The summed E-state index contributed by atoms with van der Waals surface area (Å²) in [6, 6.07) is 3.84. The van der Waals surface area contributed by atoms with Crippen molar-refractivity contribution >= 4 is 16.9 Å². The molecule has 8 heteroatoms. The van der Waals surface area contributed by atoms with Crippen molar-refractivity contribution in [3.63, 3.8) is 0 Å². The fourth-order valence-electron chi connectivity index (χ4n) is 3.16. The Labute approximate surface area is 157 Å². The quantitative estimate of drug-likeness (QED) is 0.523. The molecule has 138 valence electrons. The molecule has 0 spiro atoms. The van der Waals surface area contributed by atoms with Crippen LogP contribution in [0.1, 0.15) is 12.0 Å². The van der Waals surface area contributed by atoms with Crippen molar-refractivity contribution in [2.45, 2.75) is 12.8 Å². The lowest BCUT2D eigenvalue weighted by atomic mass is 10.2. The third-order valence-corrected chi connectivity index (χ3v) is 4.59. The molecule has 0 fully saturated rings. The van der Waals surface area contributed by atoms with Gasteiger partial charge in [-0.15, -0.1) is 0 Å². The molecule has 0 N–H and O–H groups in total. The Morgan fingerprint density at radius 2 is 1.85 bits per heavy atom. The number of aryl methyl sites for hydroxylation is 3. The Morgan fingerprint density at radius 1 is 1.04 bits per heavy atom. The van der Waals surface area contributed by atoms with E-state index in [4.69, 9.17) is 9.97 Å². The van der Waals surface area contributed by atoms with Crippen LogP contribution in [-0.2, 0) is 20.5 Å². The molecule has 4 aromatic heterocycles. The van der Waals surface area contributed by atoms with Gasteiger partial charge in [-0.2, -0.15) is 10.2 Å². The third-order valence-electron chi connectivity index (χ3n) is 4.59. The third kappa shape index (κ3) is 3.51. The Balaban J connectivity index is 1.61. The van der Waals surface area contributed by atoms with E-state index in [0.717, 1.165) is 41.8 Å². The fraction of sp³-hybridized carbons (Fsp3) is 0.316. The van der Waals surface area contributed by atoms with E-state index in [1.807, 2.05) is 43.3 Å². The molecule has 0 aromatic carbocycles. The number of hydrogen-bond donors (Lipinski definition) is 0. The molecule has 4 aromatic rings. The molecule has 0 amide bonds. The van der Waals surface area contributed by atoms with E-state index in [2.05, 4.69) is 33.3 Å². The summed E-state index contributed by atoms with van der Waals surface area (Å²) in [5, 5.41) is 9.55. The Kier molecular flexibility index (Phi) is 4.53. The van der Waals surface area contributed by atoms with Gasteiger partial charge in [0.25, 0.3) is 0 Å². The van der Waals surface area contributed by atoms with E-state index in [9.17, 15) is 0 Å². The molecule has 0 unspecified atom stereocenters. The van der Waals surface area contributed by atoms with Crippen LogP contribution in [0.15, 0.2) is 43.1 Å². The molecule has 4 rings (SSSR count). The second-order valence-corrected chi connectivity index (χ2v) is 6.66. The van der Waals surface area contributed by atoms with Crippen LogP contribution < -0.4 is 4.90 Å². The molecule has 0 aliphatic carbocycles. The molecule has 8 nitrogen and oxygen atoms in total. The van der Waals surface area contributed by atoms with Crippen molar-refractivity contribution < 1.29 is 0 Å². The number of aromatic nitrogens is 7. The van der Waals surface area contributed by atoms with Gasteiger partial charge in [0.2, 0.25) is 0 Å². The minimum absolute atomic E-state index is 0.683. The van der Waals surface area contributed by atoms with Gasteiger partial charge in [0.1, 0.15) is 5.82 Å². The standard InChI is InChI=1S/C19H22N8/c1-25(10-4-5-14-11-21-26(2)13-14)18-16-12-22-27(3)19(16)24-17(23-18)15-6-8-20-9-7-15/h6-9,11-13H,4-5,10H2,1-3H3. The van der Waals surface area contributed by atoms with E-state index in [-0.39, 0.29) is 0 Å². The molecule has 0 radical (unpaired) electrons. The fourth-order valence-corrected chi connectivity index (χ4v) is 3.16. The number of pyridine rings is 1. The minimum atomic E-state index is 0.683. The van der Waals surface area contributed by atoms with Crippen LogP contribution in [0.25, 0.3) is 22.4 Å². The van der Waals surface area contributed by atoms with Crippen LogP contribution in [0.4, 0.5) is 5.82 Å². The van der Waals surface area contributed by atoms with Gasteiger partial charge >= 0.3 is 0 Å². The van der Waals surface area contributed by atoms with Gasteiger partial charge in [-0.3, -0.25) is 14.3 Å². The van der Waals surface area contributed by atoms with Crippen LogP contribution >= 0.6 is 0 Å². The van der Waals surface area contributed by atoms with Crippen LogP contribution in [0, 0.1) is 0 Å². The Hall–Kier alpha value is -3.29. The highest BCUT2D eigenvalue weighted by Gasteiger charge is 2.15. The Bertz CT molecular complexity index is 1050. The first-order valence-electron chi connectivity index (χ1n) is 8.90. The number of hydrogen-bond acceptors (Lipinski definition) is 6. The van der Waals surface area contributed by atoms with Gasteiger partial charge in [0.05, 0.1) is 17.8 Å². The van der Waals surface area contributed by atoms with Crippen molar-refractivity contribution in [3.8, 4) is 11.4 Å². The smallest absolute Gasteiger partial charge is 0.164 e. The van der Waals surface area contributed by atoms with Crippen LogP contribution in [-0.4, -0.2) is 48.1 Å². The number of rotatable bonds is 6. The van der Waals surface area contributed by atoms with Gasteiger partial charge in [-0.1, -0.05) is 0 Å². The lowest BCUT2D eigenvalue weighted by molar-refractivity contribution is 0.761. The minimum Gasteiger partial charge on any atom is -0.359 e. The monoisotopic (exact) mass is 362 g/mol. The molecule has 0 bridgehead atoms. The topological polar surface area (TPSA) is 77.6 Å². The van der Waals surface area contributed by atoms with Gasteiger partial charge in [-0.05, 0) is 30.5 Å². The zero-order valence-corrected chi connectivity index (χ0v) is 15.7. The SMILES string of the molecule is CN(CCCc1cnn(C)c1)c1nc(-c2ccncc2)nc2c1cnn2C. The number of fused-ring (bicyclic) bond motifs is 1. The highest BCUT2D eigenvalue weighted by atomic mass is 15.3. The zero-order valence-electron chi connectivity index (χ0n) is 15.7. The maximum Gasteiger partial charge on any atom is 0.164 e. The molecule has 4 heterocycles. The summed E-state index contributed by atoms with van der Waals surface area (Å²) in [4.78, 5) is 15.8. The predicted molar refractivity (Wildman–Crippen MR) is 104 cm³/mol. The Morgan fingerprint density at radius 3 is 2.59 bits per heavy atom. The lowest BCUT2D eigenvalue weighted by Gasteiger charge is -2.19. The molecule has 0 atom stereocenters. The molecule has 0 saturated carbocycles. The maximum atomic E-state index is 4.83. The molecule has 27 heavy (non-hydrogen) atoms. The summed E-state index contributed by atoms with van der Waals surface area (Å²) in [6.45, 7) is 0.881. The first-order chi connectivity index (χ1) is 13.1. The first kappa shape index (κ1) is 17.1. The average Bonchev–Trinajstić information content (AvgIpc) is 3.27. The summed E-state index contributed by atoms with van der Waals surface area (Å²) >= 11 is 0. The van der Waals surface area contributed by atoms with Crippen molar-refractivity contribution in [3.05, 3.63) is 48.7 Å². The largest absolute Gasteiger partial charge is 0.359 e. The van der Waals surface area contributed by atoms with Gasteiger partial charge in [0.15, 0.2) is 11.5 Å². The van der Waals surface area contributed by atoms with Crippen LogP contribution in [0.5, 0.6) is 0 Å². The van der Waals surface area contributed by atoms with Crippen molar-refractivity contribution in [1.82, 2.24) is 34.5 Å². The van der Waals surface area contributed by atoms with E-state index in [1.165, 1.54) is 5.56 Å². The van der Waals surface area contributed by atoms with E-state index in [0.29, 0.717) is 5.82 Å².